The van der Waals surface area contributed by atoms with Crippen LogP contribution in [0.3, 0.4) is 0 Å². The van der Waals surface area contributed by atoms with E-state index in [0.717, 1.165) is 31.2 Å². The second-order valence-corrected chi connectivity index (χ2v) is 9.44. The standard InChI is InChI=1S/C29H45FN2O/c1-4-6-8-9-10-11-12-13-15-25-16-18-26(19-17-25)29-31-22-27(23-32-29)33-21-20-28(30)24(3)14-7-5-2/h16-19,22-24,28H,4-15,20-21H2,1-3H3. The Labute approximate surface area is 201 Å². The van der Waals surface area contributed by atoms with Crippen molar-refractivity contribution in [2.45, 2.75) is 110 Å². The average molecular weight is 457 g/mol. The van der Waals surface area contributed by atoms with Crippen molar-refractivity contribution in [1.29, 1.82) is 0 Å². The second-order valence-electron chi connectivity index (χ2n) is 9.44. The van der Waals surface area contributed by atoms with Gasteiger partial charge in [-0.2, -0.15) is 0 Å². The minimum Gasteiger partial charge on any atom is -0.490 e. The van der Waals surface area contributed by atoms with Crippen LogP contribution < -0.4 is 4.74 Å². The number of hydrogen-bond donors (Lipinski definition) is 0. The van der Waals surface area contributed by atoms with Gasteiger partial charge in [0.15, 0.2) is 11.6 Å². The summed E-state index contributed by atoms with van der Waals surface area (Å²) in [5, 5.41) is 0. The van der Waals surface area contributed by atoms with Crippen LogP contribution in [0.25, 0.3) is 11.4 Å². The molecule has 184 valence electrons. The van der Waals surface area contributed by atoms with E-state index in [9.17, 15) is 4.39 Å². The first kappa shape index (κ1) is 27.3. The molecule has 0 aliphatic rings. The first-order chi connectivity index (χ1) is 16.1. The predicted molar refractivity (Wildman–Crippen MR) is 137 cm³/mol. The number of benzene rings is 1. The number of aromatic nitrogens is 2. The van der Waals surface area contributed by atoms with E-state index < -0.39 is 6.17 Å². The number of alkyl halides is 1. The molecule has 0 aliphatic heterocycles. The smallest absolute Gasteiger partial charge is 0.159 e. The van der Waals surface area contributed by atoms with Crippen LogP contribution in [0.1, 0.15) is 103 Å². The van der Waals surface area contributed by atoms with Crippen molar-refractivity contribution in [3.8, 4) is 17.1 Å². The molecule has 1 heterocycles. The molecule has 1 aromatic heterocycles. The highest BCUT2D eigenvalue weighted by Gasteiger charge is 2.15. The Hall–Kier alpha value is -1.97. The maximum absolute atomic E-state index is 14.2. The maximum atomic E-state index is 14.2. The number of ether oxygens (including phenoxy) is 1. The van der Waals surface area contributed by atoms with Crippen LogP contribution in [-0.4, -0.2) is 22.7 Å². The van der Waals surface area contributed by atoms with E-state index in [1.807, 2.05) is 6.92 Å². The molecule has 0 bridgehead atoms. The van der Waals surface area contributed by atoms with Gasteiger partial charge in [0.2, 0.25) is 0 Å². The number of rotatable bonds is 18. The predicted octanol–water partition coefficient (Wildman–Crippen LogP) is 8.76. The SMILES string of the molecule is CCCCCCCCCCc1ccc(-c2ncc(OCCC(F)C(C)CCCC)cn2)cc1. The zero-order valence-corrected chi connectivity index (χ0v) is 21.2. The molecule has 3 nitrogen and oxygen atoms in total. The average Bonchev–Trinajstić information content (AvgIpc) is 2.85. The Bertz CT molecular complexity index is 732. The molecule has 0 aliphatic carbocycles. The van der Waals surface area contributed by atoms with Crippen molar-refractivity contribution in [3.05, 3.63) is 42.2 Å². The van der Waals surface area contributed by atoms with Gasteiger partial charge < -0.3 is 4.74 Å². The summed E-state index contributed by atoms with van der Waals surface area (Å²) < 4.78 is 19.9. The van der Waals surface area contributed by atoms with E-state index in [2.05, 4.69) is 48.1 Å². The van der Waals surface area contributed by atoms with Crippen LogP contribution in [0.5, 0.6) is 5.75 Å². The van der Waals surface area contributed by atoms with Crippen molar-refractivity contribution in [2.75, 3.05) is 6.61 Å². The Balaban J connectivity index is 1.68. The fourth-order valence-corrected chi connectivity index (χ4v) is 4.10. The highest BCUT2D eigenvalue weighted by Crippen LogP contribution is 2.21. The fourth-order valence-electron chi connectivity index (χ4n) is 4.10. The summed E-state index contributed by atoms with van der Waals surface area (Å²) in [4.78, 5) is 8.88. The molecule has 2 unspecified atom stereocenters. The summed E-state index contributed by atoms with van der Waals surface area (Å²) in [6, 6.07) is 8.57. The number of hydrogen-bond acceptors (Lipinski definition) is 3. The highest BCUT2D eigenvalue weighted by molar-refractivity contribution is 5.55. The number of aryl methyl sites for hydroxylation is 1. The molecule has 2 aromatic rings. The number of unbranched alkanes of at least 4 members (excludes halogenated alkanes) is 8. The van der Waals surface area contributed by atoms with Crippen molar-refractivity contribution in [1.82, 2.24) is 9.97 Å². The van der Waals surface area contributed by atoms with Gasteiger partial charge in [0.25, 0.3) is 0 Å². The molecule has 0 saturated heterocycles. The summed E-state index contributed by atoms with van der Waals surface area (Å²) in [6.45, 7) is 6.74. The minimum atomic E-state index is -0.818. The van der Waals surface area contributed by atoms with Crippen LogP contribution >= 0.6 is 0 Å². The molecule has 0 spiro atoms. The molecule has 2 rings (SSSR count). The summed E-state index contributed by atoms with van der Waals surface area (Å²) >= 11 is 0. The minimum absolute atomic E-state index is 0.0886. The molecule has 1 aromatic carbocycles. The molecule has 0 radical (unpaired) electrons. The largest absolute Gasteiger partial charge is 0.490 e. The summed E-state index contributed by atoms with van der Waals surface area (Å²) in [7, 11) is 0. The summed E-state index contributed by atoms with van der Waals surface area (Å²) in [5.74, 6) is 1.38. The Morgan fingerprint density at radius 3 is 2.03 bits per heavy atom. The fraction of sp³-hybridized carbons (Fsp3) is 0.655. The van der Waals surface area contributed by atoms with Gasteiger partial charge in [0, 0.05) is 12.0 Å². The van der Waals surface area contributed by atoms with Gasteiger partial charge in [-0.1, -0.05) is 103 Å². The van der Waals surface area contributed by atoms with Gasteiger partial charge in [-0.05, 0) is 30.7 Å². The topological polar surface area (TPSA) is 35.0 Å². The van der Waals surface area contributed by atoms with E-state index >= 15 is 0 Å². The van der Waals surface area contributed by atoms with Crippen molar-refractivity contribution < 1.29 is 9.13 Å². The molecule has 0 amide bonds. The monoisotopic (exact) mass is 456 g/mol. The summed E-state index contributed by atoms with van der Waals surface area (Å²) in [5.41, 5.74) is 2.38. The molecule has 33 heavy (non-hydrogen) atoms. The number of halogens is 1. The quantitative estimate of drug-likeness (QED) is 0.210. The first-order valence-corrected chi connectivity index (χ1v) is 13.3. The molecule has 0 N–H and O–H groups in total. The van der Waals surface area contributed by atoms with Gasteiger partial charge in [-0.3, -0.25) is 0 Å². The van der Waals surface area contributed by atoms with Gasteiger partial charge in [0.05, 0.1) is 19.0 Å². The van der Waals surface area contributed by atoms with Crippen molar-refractivity contribution in [3.63, 3.8) is 0 Å². The molecule has 0 fully saturated rings. The van der Waals surface area contributed by atoms with Crippen LogP contribution in [-0.2, 0) is 6.42 Å². The van der Waals surface area contributed by atoms with Gasteiger partial charge in [-0.25, -0.2) is 14.4 Å². The third-order valence-corrected chi connectivity index (χ3v) is 6.45. The molecule has 2 atom stereocenters. The van der Waals surface area contributed by atoms with E-state index in [4.69, 9.17) is 4.74 Å². The zero-order chi connectivity index (χ0) is 23.7. The molecular formula is C29H45FN2O. The lowest BCUT2D eigenvalue weighted by Gasteiger charge is -2.16. The van der Waals surface area contributed by atoms with Crippen molar-refractivity contribution in [2.24, 2.45) is 5.92 Å². The first-order valence-electron chi connectivity index (χ1n) is 13.3. The zero-order valence-electron chi connectivity index (χ0n) is 21.2. The van der Waals surface area contributed by atoms with Crippen molar-refractivity contribution >= 4 is 0 Å². The van der Waals surface area contributed by atoms with Gasteiger partial charge in [0.1, 0.15) is 6.17 Å². The van der Waals surface area contributed by atoms with Crippen LogP contribution in [0.15, 0.2) is 36.7 Å². The Morgan fingerprint density at radius 1 is 0.788 bits per heavy atom. The molecule has 0 saturated carbocycles. The lowest BCUT2D eigenvalue weighted by molar-refractivity contribution is 0.177. The van der Waals surface area contributed by atoms with E-state index in [1.54, 1.807) is 12.4 Å². The Kier molecular flexibility index (Phi) is 13.7. The second kappa shape index (κ2) is 16.6. The van der Waals surface area contributed by atoms with E-state index in [0.29, 0.717) is 24.6 Å². The Morgan fingerprint density at radius 2 is 1.39 bits per heavy atom. The third-order valence-electron chi connectivity index (χ3n) is 6.45. The third kappa shape index (κ3) is 11.1. The highest BCUT2D eigenvalue weighted by atomic mass is 19.1. The maximum Gasteiger partial charge on any atom is 0.159 e. The van der Waals surface area contributed by atoms with Gasteiger partial charge in [-0.15, -0.1) is 0 Å². The van der Waals surface area contributed by atoms with Crippen LogP contribution in [0.4, 0.5) is 4.39 Å². The number of nitrogens with zero attached hydrogens (tertiary/aromatic N) is 2. The van der Waals surface area contributed by atoms with Gasteiger partial charge >= 0.3 is 0 Å². The lowest BCUT2D eigenvalue weighted by Crippen LogP contribution is -2.16. The van der Waals surface area contributed by atoms with E-state index in [-0.39, 0.29) is 5.92 Å². The van der Waals surface area contributed by atoms with E-state index in [1.165, 1.54) is 56.9 Å². The molecular weight excluding hydrogens is 411 g/mol. The lowest BCUT2D eigenvalue weighted by atomic mass is 9.97. The van der Waals surface area contributed by atoms with Crippen LogP contribution in [0.2, 0.25) is 0 Å². The molecule has 4 heteroatoms. The summed E-state index contributed by atoms with van der Waals surface area (Å²) in [6.07, 6.45) is 18.0. The van der Waals surface area contributed by atoms with Crippen LogP contribution in [0, 0.1) is 5.92 Å². The normalized spacial score (nSPS) is 13.1.